The SMILES string of the molecule is CSc1ccccc1NC(=O)[C@H]1CC=CC[C@@H]1C(=O)O. The minimum absolute atomic E-state index is 0.219. The van der Waals surface area contributed by atoms with E-state index in [1.807, 2.05) is 42.7 Å². The van der Waals surface area contributed by atoms with Crippen LogP contribution in [-0.4, -0.2) is 23.2 Å². The topological polar surface area (TPSA) is 66.4 Å². The zero-order valence-corrected chi connectivity index (χ0v) is 12.0. The second-order valence-corrected chi connectivity index (χ2v) is 5.53. The summed E-state index contributed by atoms with van der Waals surface area (Å²) in [4.78, 5) is 24.5. The molecule has 2 N–H and O–H groups in total. The summed E-state index contributed by atoms with van der Waals surface area (Å²) in [5.41, 5.74) is 0.740. The maximum absolute atomic E-state index is 12.3. The number of rotatable bonds is 4. The molecule has 1 aromatic rings. The third-order valence-electron chi connectivity index (χ3n) is 3.45. The minimum Gasteiger partial charge on any atom is -0.481 e. The third kappa shape index (κ3) is 3.22. The van der Waals surface area contributed by atoms with Gasteiger partial charge in [0.15, 0.2) is 0 Å². The van der Waals surface area contributed by atoms with E-state index in [4.69, 9.17) is 0 Å². The summed E-state index contributed by atoms with van der Waals surface area (Å²) in [6.07, 6.45) is 6.54. The zero-order valence-electron chi connectivity index (χ0n) is 11.2. The van der Waals surface area contributed by atoms with Crippen LogP contribution in [0.2, 0.25) is 0 Å². The number of amides is 1. The highest BCUT2D eigenvalue weighted by Gasteiger charge is 2.34. The maximum Gasteiger partial charge on any atom is 0.307 e. The van der Waals surface area contributed by atoms with Crippen LogP contribution in [0.4, 0.5) is 5.69 Å². The molecule has 20 heavy (non-hydrogen) atoms. The van der Waals surface area contributed by atoms with Crippen molar-refractivity contribution < 1.29 is 14.7 Å². The second kappa shape index (κ2) is 6.61. The smallest absolute Gasteiger partial charge is 0.307 e. The van der Waals surface area contributed by atoms with E-state index in [-0.39, 0.29) is 5.91 Å². The van der Waals surface area contributed by atoms with Crippen molar-refractivity contribution >= 4 is 29.3 Å². The molecule has 1 amide bonds. The number of allylic oxidation sites excluding steroid dienone is 2. The minimum atomic E-state index is -0.910. The molecule has 1 aliphatic carbocycles. The van der Waals surface area contributed by atoms with E-state index >= 15 is 0 Å². The highest BCUT2D eigenvalue weighted by atomic mass is 32.2. The van der Waals surface area contributed by atoms with E-state index in [1.165, 1.54) is 0 Å². The first-order valence-corrected chi connectivity index (χ1v) is 7.67. The van der Waals surface area contributed by atoms with Crippen LogP contribution < -0.4 is 5.32 Å². The van der Waals surface area contributed by atoms with Gasteiger partial charge in [-0.05, 0) is 31.2 Å². The maximum atomic E-state index is 12.3. The monoisotopic (exact) mass is 291 g/mol. The van der Waals surface area contributed by atoms with Crippen LogP contribution in [0.3, 0.4) is 0 Å². The van der Waals surface area contributed by atoms with Gasteiger partial charge in [-0.2, -0.15) is 0 Å². The molecule has 0 fully saturated rings. The zero-order chi connectivity index (χ0) is 14.5. The number of hydrogen-bond acceptors (Lipinski definition) is 3. The Morgan fingerprint density at radius 1 is 1.20 bits per heavy atom. The Morgan fingerprint density at radius 3 is 2.50 bits per heavy atom. The first-order chi connectivity index (χ1) is 9.63. The molecule has 2 atom stereocenters. The molecule has 0 radical (unpaired) electrons. The van der Waals surface area contributed by atoms with Crippen LogP contribution in [0.5, 0.6) is 0 Å². The van der Waals surface area contributed by atoms with Gasteiger partial charge in [-0.25, -0.2) is 0 Å². The summed E-state index contributed by atoms with van der Waals surface area (Å²) in [7, 11) is 0. The fourth-order valence-electron chi connectivity index (χ4n) is 2.35. The highest BCUT2D eigenvalue weighted by molar-refractivity contribution is 7.98. The van der Waals surface area contributed by atoms with Crippen LogP contribution in [0.15, 0.2) is 41.3 Å². The lowest BCUT2D eigenvalue weighted by Crippen LogP contribution is -2.34. The molecule has 4 nitrogen and oxygen atoms in total. The van der Waals surface area contributed by atoms with Crippen LogP contribution >= 0.6 is 11.8 Å². The molecule has 0 aliphatic heterocycles. The lowest BCUT2D eigenvalue weighted by atomic mass is 9.82. The number of carboxylic acid groups (broad SMARTS) is 1. The number of para-hydroxylation sites is 1. The molecule has 0 bridgehead atoms. The normalized spacial score (nSPS) is 21.4. The molecule has 0 saturated carbocycles. The molecule has 1 aliphatic rings. The van der Waals surface area contributed by atoms with Crippen LogP contribution in [-0.2, 0) is 9.59 Å². The largest absolute Gasteiger partial charge is 0.481 e. The number of carbonyl (C=O) groups is 2. The van der Waals surface area contributed by atoms with Gasteiger partial charge >= 0.3 is 5.97 Å². The predicted molar refractivity (Wildman–Crippen MR) is 79.8 cm³/mol. The summed E-state index contributed by atoms with van der Waals surface area (Å²) < 4.78 is 0. The van der Waals surface area contributed by atoms with Crippen molar-refractivity contribution in [3.8, 4) is 0 Å². The van der Waals surface area contributed by atoms with Crippen molar-refractivity contribution in [2.75, 3.05) is 11.6 Å². The van der Waals surface area contributed by atoms with Crippen molar-refractivity contribution in [1.82, 2.24) is 0 Å². The number of nitrogens with one attached hydrogen (secondary N) is 1. The van der Waals surface area contributed by atoms with Gasteiger partial charge in [0.25, 0.3) is 0 Å². The number of aliphatic carboxylic acids is 1. The summed E-state index contributed by atoms with van der Waals surface area (Å²) in [5, 5.41) is 12.1. The average molecular weight is 291 g/mol. The van der Waals surface area contributed by atoms with Gasteiger partial charge in [0.1, 0.15) is 0 Å². The van der Waals surface area contributed by atoms with Gasteiger partial charge in [0.2, 0.25) is 5.91 Å². The first-order valence-electron chi connectivity index (χ1n) is 6.45. The van der Waals surface area contributed by atoms with Crippen molar-refractivity contribution in [3.63, 3.8) is 0 Å². The van der Waals surface area contributed by atoms with Crippen LogP contribution in [0.25, 0.3) is 0 Å². The molecule has 5 heteroatoms. The number of benzene rings is 1. The molecule has 106 valence electrons. The molecular weight excluding hydrogens is 274 g/mol. The standard InChI is InChI=1S/C15H17NO3S/c1-20-13-9-5-4-8-12(13)16-14(17)10-6-2-3-7-11(10)15(18)19/h2-5,8-11H,6-7H2,1H3,(H,16,17)(H,18,19)/t10-,11-/m0/s1. The van der Waals surface area contributed by atoms with Gasteiger partial charge < -0.3 is 10.4 Å². The van der Waals surface area contributed by atoms with Crippen molar-refractivity contribution in [2.45, 2.75) is 17.7 Å². The van der Waals surface area contributed by atoms with E-state index < -0.39 is 17.8 Å². The third-order valence-corrected chi connectivity index (χ3v) is 4.25. The number of carboxylic acids is 1. The highest BCUT2D eigenvalue weighted by Crippen LogP contribution is 2.29. The van der Waals surface area contributed by atoms with Gasteiger partial charge in [-0.15, -0.1) is 11.8 Å². The Balaban J connectivity index is 2.14. The first kappa shape index (κ1) is 14.7. The second-order valence-electron chi connectivity index (χ2n) is 4.68. The van der Waals surface area contributed by atoms with Crippen molar-refractivity contribution in [1.29, 1.82) is 0 Å². The van der Waals surface area contributed by atoms with E-state index in [1.54, 1.807) is 11.8 Å². The predicted octanol–water partition coefficient (Wildman–Crippen LogP) is 3.01. The van der Waals surface area contributed by atoms with E-state index in [0.29, 0.717) is 12.8 Å². The number of thioether (sulfide) groups is 1. The van der Waals surface area contributed by atoms with Crippen molar-refractivity contribution in [3.05, 3.63) is 36.4 Å². The molecule has 0 heterocycles. The summed E-state index contributed by atoms with van der Waals surface area (Å²) in [5.74, 6) is -2.27. The summed E-state index contributed by atoms with van der Waals surface area (Å²) in [6, 6.07) is 7.52. The molecule has 0 unspecified atom stereocenters. The van der Waals surface area contributed by atoms with Gasteiger partial charge in [0.05, 0.1) is 17.5 Å². The number of anilines is 1. The van der Waals surface area contributed by atoms with E-state index in [0.717, 1.165) is 10.6 Å². The van der Waals surface area contributed by atoms with Crippen molar-refractivity contribution in [2.24, 2.45) is 11.8 Å². The molecule has 0 spiro atoms. The molecule has 2 rings (SSSR count). The average Bonchev–Trinajstić information content (AvgIpc) is 2.47. The molecule has 0 saturated heterocycles. The Labute approximate surface area is 122 Å². The lowest BCUT2D eigenvalue weighted by molar-refractivity contribution is -0.146. The van der Waals surface area contributed by atoms with Gasteiger partial charge in [-0.3, -0.25) is 9.59 Å². The lowest BCUT2D eigenvalue weighted by Gasteiger charge is -2.24. The van der Waals surface area contributed by atoms with Gasteiger partial charge in [0, 0.05) is 4.90 Å². The Bertz CT molecular complexity index is 542. The van der Waals surface area contributed by atoms with Gasteiger partial charge in [-0.1, -0.05) is 24.3 Å². The number of hydrogen-bond donors (Lipinski definition) is 2. The summed E-state index contributed by atoms with van der Waals surface area (Å²) in [6.45, 7) is 0. The number of carbonyl (C=O) groups excluding carboxylic acids is 1. The van der Waals surface area contributed by atoms with E-state index in [9.17, 15) is 14.7 Å². The van der Waals surface area contributed by atoms with Crippen LogP contribution in [0.1, 0.15) is 12.8 Å². The van der Waals surface area contributed by atoms with E-state index in [2.05, 4.69) is 5.32 Å². The Kier molecular flexibility index (Phi) is 4.84. The molecule has 1 aromatic carbocycles. The molecular formula is C15H17NO3S. The van der Waals surface area contributed by atoms with Crippen LogP contribution in [0, 0.1) is 11.8 Å². The Hall–Kier alpha value is -1.75. The fraction of sp³-hybridized carbons (Fsp3) is 0.333. The summed E-state index contributed by atoms with van der Waals surface area (Å²) >= 11 is 1.55. The fourth-order valence-corrected chi connectivity index (χ4v) is 2.90. The quantitative estimate of drug-likeness (QED) is 0.661. The Morgan fingerprint density at radius 2 is 1.85 bits per heavy atom. The molecule has 0 aromatic heterocycles.